The van der Waals surface area contributed by atoms with Crippen LogP contribution in [-0.2, 0) is 33.5 Å². The van der Waals surface area contributed by atoms with Crippen LogP contribution in [0.1, 0.15) is 74.5 Å². The van der Waals surface area contributed by atoms with Gasteiger partial charge in [-0.1, -0.05) is 37.3 Å². The number of halogens is 3. The Balaban J connectivity index is 1.20. The molecule has 2 aliphatic heterocycles. The smallest absolute Gasteiger partial charge is 0.407 e. The van der Waals surface area contributed by atoms with Crippen molar-refractivity contribution in [3.8, 4) is 5.75 Å². The minimum absolute atomic E-state index is 0.186. The molecular formula is C40H49F3N2O8S. The van der Waals surface area contributed by atoms with Gasteiger partial charge < -0.3 is 39.7 Å². The zero-order valence-electron chi connectivity index (χ0n) is 31.1. The van der Waals surface area contributed by atoms with Gasteiger partial charge in [0.1, 0.15) is 53.1 Å². The number of nitrogens with zero attached hydrogens (tertiary/aromatic N) is 1. The van der Waals surface area contributed by atoms with E-state index in [2.05, 4.69) is 12.2 Å². The van der Waals surface area contributed by atoms with E-state index in [4.69, 9.17) is 14.2 Å². The number of benzene rings is 3. The highest BCUT2D eigenvalue weighted by atomic mass is 32.2. The number of likely N-dealkylation sites (tertiary alicyclic amines) is 1. The van der Waals surface area contributed by atoms with Gasteiger partial charge in [-0.05, 0) is 92.3 Å². The normalized spacial score (nSPS) is 23.6. The molecule has 4 N–H and O–H groups in total. The highest BCUT2D eigenvalue weighted by Crippen LogP contribution is 2.37. The number of nitrogens with one attached hydrogen (secondary N) is 1. The third-order valence-corrected chi connectivity index (χ3v) is 10.4. The molecular weight excluding hydrogens is 726 g/mol. The third-order valence-electron chi connectivity index (χ3n) is 9.56. The number of carbonyl (C=O) groups excluding carboxylic acids is 2. The lowest BCUT2D eigenvalue weighted by atomic mass is 9.90. The van der Waals surface area contributed by atoms with E-state index in [0.29, 0.717) is 36.8 Å². The van der Waals surface area contributed by atoms with Crippen molar-refractivity contribution in [2.75, 3.05) is 19.3 Å². The molecule has 0 aromatic heterocycles. The van der Waals surface area contributed by atoms with Gasteiger partial charge in [0, 0.05) is 31.5 Å². The zero-order chi connectivity index (χ0) is 39.3. The second-order valence-electron chi connectivity index (χ2n) is 14.8. The van der Waals surface area contributed by atoms with Crippen LogP contribution in [-0.4, -0.2) is 93.1 Å². The van der Waals surface area contributed by atoms with Gasteiger partial charge in [0.05, 0.1) is 6.54 Å². The van der Waals surface area contributed by atoms with Crippen LogP contribution in [0.15, 0.2) is 54.6 Å². The Hall–Kier alpha value is -3.82. The van der Waals surface area contributed by atoms with Gasteiger partial charge in [0.15, 0.2) is 11.6 Å². The second kappa shape index (κ2) is 17.8. The van der Waals surface area contributed by atoms with Crippen molar-refractivity contribution < 1.29 is 52.3 Å². The number of ether oxygens (including phenoxy) is 3. The molecule has 0 spiro atoms. The molecule has 7 atom stereocenters. The Kier molecular flexibility index (Phi) is 13.6. The molecule has 2 heterocycles. The van der Waals surface area contributed by atoms with Gasteiger partial charge in [0.25, 0.3) is 0 Å². The summed E-state index contributed by atoms with van der Waals surface area (Å²) in [6, 6.07) is 13.7. The third kappa shape index (κ3) is 10.5. The van der Waals surface area contributed by atoms with Crippen LogP contribution in [0.2, 0.25) is 0 Å². The molecule has 3 aromatic carbocycles. The van der Waals surface area contributed by atoms with E-state index in [9.17, 15) is 38.1 Å². The summed E-state index contributed by atoms with van der Waals surface area (Å²) in [4.78, 5) is 27.6. The van der Waals surface area contributed by atoms with E-state index in [0.717, 1.165) is 29.2 Å². The molecule has 2 fully saturated rings. The fourth-order valence-electron chi connectivity index (χ4n) is 6.77. The summed E-state index contributed by atoms with van der Waals surface area (Å²) in [5.74, 6) is -3.26. The zero-order valence-corrected chi connectivity index (χ0v) is 31.9. The number of alkyl carbamates (subject to hydrolysis) is 1. The molecule has 2 amide bonds. The van der Waals surface area contributed by atoms with Gasteiger partial charge in [-0.3, -0.25) is 4.79 Å². The van der Waals surface area contributed by atoms with Crippen LogP contribution in [0.3, 0.4) is 0 Å². The Bertz CT molecular complexity index is 1770. The summed E-state index contributed by atoms with van der Waals surface area (Å²) >= 11 is 1.27. The number of carbonyl (C=O) groups is 2. The van der Waals surface area contributed by atoms with Crippen molar-refractivity contribution >= 4 is 23.8 Å². The Morgan fingerprint density at radius 1 is 0.944 bits per heavy atom. The van der Waals surface area contributed by atoms with Crippen molar-refractivity contribution in [1.29, 1.82) is 0 Å². The summed E-state index contributed by atoms with van der Waals surface area (Å²) in [6.07, 6.45) is -2.53. The first-order valence-electron chi connectivity index (χ1n) is 18.1. The minimum Gasteiger partial charge on any atom is -0.489 e. The van der Waals surface area contributed by atoms with Crippen LogP contribution in [0, 0.1) is 17.5 Å². The molecule has 0 bridgehead atoms. The number of hydrogen-bond acceptors (Lipinski definition) is 9. The average molecular weight is 775 g/mol. The monoisotopic (exact) mass is 774 g/mol. The van der Waals surface area contributed by atoms with Gasteiger partial charge in [0.2, 0.25) is 5.91 Å². The molecule has 54 heavy (non-hydrogen) atoms. The van der Waals surface area contributed by atoms with Crippen LogP contribution >= 0.6 is 11.8 Å². The highest BCUT2D eigenvalue weighted by molar-refractivity contribution is 7.99. The van der Waals surface area contributed by atoms with Crippen molar-refractivity contribution in [2.45, 2.75) is 107 Å². The van der Waals surface area contributed by atoms with Gasteiger partial charge in [-0.2, -0.15) is 0 Å². The molecule has 2 saturated heterocycles. The Morgan fingerprint density at radius 2 is 1.65 bits per heavy atom. The predicted molar refractivity (Wildman–Crippen MR) is 198 cm³/mol. The lowest BCUT2D eigenvalue weighted by Gasteiger charge is -2.40. The van der Waals surface area contributed by atoms with E-state index in [1.54, 1.807) is 31.9 Å². The Morgan fingerprint density at radius 3 is 2.31 bits per heavy atom. The number of aryl methyl sites for hydroxylation is 1. The largest absolute Gasteiger partial charge is 0.489 e. The maximum Gasteiger partial charge on any atom is 0.407 e. The standard InChI is InChI=1S/C40H49F3N2O8S/c1-6-23-9-10-24(37-35(48)34(47)36(49)38(52-37)54-5)16-25(23)15-22-7-11-28(12-8-22)51-29-13-14-45(21-29)33(46)19-27(44-39(50)53-40(2,3)4)17-26-18-31(42)32(43)20-30(26)41/h7-12,16,18,20,27,29,34-38,47-49H,6,13-15,17,19,21H2,1-5H3,(H,44,50)/t27-,29+,34-,35-,36+,37+,38-/m1/s1. The molecule has 294 valence electrons. The summed E-state index contributed by atoms with van der Waals surface area (Å²) in [6.45, 7) is 7.74. The maximum absolute atomic E-state index is 14.5. The van der Waals surface area contributed by atoms with E-state index in [1.807, 2.05) is 42.5 Å². The summed E-state index contributed by atoms with van der Waals surface area (Å²) in [5, 5.41) is 34.0. The molecule has 0 radical (unpaired) electrons. The summed E-state index contributed by atoms with van der Waals surface area (Å²) < 4.78 is 59.5. The lowest BCUT2D eigenvalue weighted by Crippen LogP contribution is -2.52. The van der Waals surface area contributed by atoms with Gasteiger partial charge >= 0.3 is 6.09 Å². The second-order valence-corrected chi connectivity index (χ2v) is 15.7. The van der Waals surface area contributed by atoms with Crippen molar-refractivity contribution in [3.63, 3.8) is 0 Å². The molecule has 0 aliphatic carbocycles. The first-order chi connectivity index (χ1) is 25.5. The molecule has 14 heteroatoms. The SMILES string of the molecule is CCc1ccc([C@@H]2O[C@H](SC)[C@@H](O)[C@H](O)[C@H]2O)cc1Cc1ccc(O[C@H]2CCN(C(=O)C[C@@H](Cc3cc(F)c(F)cc3F)NC(=O)OC(C)(C)C)C2)cc1. The van der Waals surface area contributed by atoms with E-state index >= 15 is 0 Å². The molecule has 5 rings (SSSR count). The highest BCUT2D eigenvalue weighted by Gasteiger charge is 2.44. The molecule has 3 aromatic rings. The van der Waals surface area contributed by atoms with Crippen molar-refractivity contribution in [2.24, 2.45) is 0 Å². The molecule has 0 saturated carbocycles. The maximum atomic E-state index is 14.5. The van der Waals surface area contributed by atoms with E-state index in [1.165, 1.54) is 11.8 Å². The topological polar surface area (TPSA) is 138 Å². The van der Waals surface area contributed by atoms with E-state index in [-0.39, 0.29) is 37.0 Å². The van der Waals surface area contributed by atoms with Crippen molar-refractivity contribution in [1.82, 2.24) is 10.2 Å². The van der Waals surface area contributed by atoms with Crippen LogP contribution in [0.5, 0.6) is 5.75 Å². The first kappa shape index (κ1) is 41.3. The fraction of sp³-hybridized carbons (Fsp3) is 0.500. The first-order valence-corrected chi connectivity index (χ1v) is 19.3. The average Bonchev–Trinajstić information content (AvgIpc) is 3.58. The van der Waals surface area contributed by atoms with Crippen molar-refractivity contribution in [3.05, 3.63) is 99.9 Å². The van der Waals surface area contributed by atoms with Gasteiger partial charge in [-0.25, -0.2) is 18.0 Å². The summed E-state index contributed by atoms with van der Waals surface area (Å²) in [7, 11) is 0. The van der Waals surface area contributed by atoms with E-state index < -0.39 is 65.0 Å². The number of aliphatic hydroxyl groups excluding tert-OH is 3. The number of thioether (sulfide) groups is 1. The molecule has 10 nitrogen and oxygen atoms in total. The molecule has 2 aliphatic rings. The number of aliphatic hydroxyl groups is 3. The molecule has 0 unspecified atom stereocenters. The minimum atomic E-state index is -1.34. The Labute approximate surface area is 318 Å². The van der Waals surface area contributed by atoms with Gasteiger partial charge in [-0.15, -0.1) is 11.8 Å². The lowest BCUT2D eigenvalue weighted by molar-refractivity contribution is -0.200. The number of hydrogen-bond donors (Lipinski definition) is 4. The number of rotatable bonds is 12. The quantitative estimate of drug-likeness (QED) is 0.173. The van der Waals surface area contributed by atoms with Crippen LogP contribution < -0.4 is 10.1 Å². The predicted octanol–water partition coefficient (Wildman–Crippen LogP) is 5.61. The fourth-order valence-corrected chi connectivity index (χ4v) is 7.44. The van der Waals surface area contributed by atoms with Crippen LogP contribution in [0.25, 0.3) is 0 Å². The van der Waals surface area contributed by atoms with Crippen LogP contribution in [0.4, 0.5) is 18.0 Å². The number of amides is 2. The summed E-state index contributed by atoms with van der Waals surface area (Å²) in [5.41, 5.74) is 2.19.